The second kappa shape index (κ2) is 6.42. The van der Waals surface area contributed by atoms with Crippen LogP contribution >= 0.6 is 15.9 Å². The molecule has 0 saturated carbocycles. The first-order valence-corrected chi connectivity index (χ1v) is 7.97. The first-order chi connectivity index (χ1) is 11.1. The molecule has 2 aromatic carbocycles. The van der Waals surface area contributed by atoms with Crippen LogP contribution in [0.5, 0.6) is 5.75 Å². The van der Waals surface area contributed by atoms with E-state index in [1.54, 1.807) is 25.3 Å². The van der Waals surface area contributed by atoms with Gasteiger partial charge in [0.2, 0.25) is 0 Å². The molecule has 0 aliphatic heterocycles. The van der Waals surface area contributed by atoms with Crippen LogP contribution in [0.2, 0.25) is 0 Å². The fourth-order valence-corrected chi connectivity index (χ4v) is 2.75. The van der Waals surface area contributed by atoms with Gasteiger partial charge in [-0.25, -0.2) is 4.98 Å². The average Bonchev–Trinajstić information content (AvgIpc) is 2.99. The molecule has 1 heterocycles. The molecule has 2 N–H and O–H groups in total. The number of aromatic amines is 1. The van der Waals surface area contributed by atoms with Crippen LogP contribution in [0, 0.1) is 0 Å². The van der Waals surface area contributed by atoms with Crippen LogP contribution in [0.3, 0.4) is 0 Å². The molecular formula is C17H16BrN3O2. The lowest BCUT2D eigenvalue weighted by molar-refractivity contribution is 0.0937. The summed E-state index contributed by atoms with van der Waals surface area (Å²) in [6.45, 7) is 1.89. The van der Waals surface area contributed by atoms with E-state index in [1.165, 1.54) is 0 Å². The van der Waals surface area contributed by atoms with E-state index in [0.29, 0.717) is 15.8 Å². The van der Waals surface area contributed by atoms with E-state index in [2.05, 4.69) is 31.2 Å². The van der Waals surface area contributed by atoms with Crippen LogP contribution in [0.15, 0.2) is 46.9 Å². The number of ether oxygens (including phenoxy) is 1. The Morgan fingerprint density at radius 2 is 2.09 bits per heavy atom. The quantitative estimate of drug-likeness (QED) is 0.730. The van der Waals surface area contributed by atoms with Crippen molar-refractivity contribution in [3.8, 4) is 5.75 Å². The van der Waals surface area contributed by atoms with Crippen molar-refractivity contribution in [3.05, 3.63) is 58.3 Å². The third-order valence-corrected chi connectivity index (χ3v) is 4.28. The van der Waals surface area contributed by atoms with Gasteiger partial charge in [-0.2, -0.15) is 0 Å². The summed E-state index contributed by atoms with van der Waals surface area (Å²) in [4.78, 5) is 20.2. The molecule has 0 aliphatic carbocycles. The summed E-state index contributed by atoms with van der Waals surface area (Å²) < 4.78 is 5.89. The number of nitrogens with one attached hydrogen (secondary N) is 2. The maximum atomic E-state index is 12.5. The Morgan fingerprint density at radius 3 is 2.83 bits per heavy atom. The number of benzene rings is 2. The Morgan fingerprint density at radius 1 is 1.30 bits per heavy atom. The van der Waals surface area contributed by atoms with E-state index in [1.807, 2.05) is 31.2 Å². The zero-order valence-corrected chi connectivity index (χ0v) is 14.3. The first kappa shape index (κ1) is 15.6. The van der Waals surface area contributed by atoms with Crippen LogP contribution in [-0.4, -0.2) is 23.0 Å². The number of fused-ring (bicyclic) bond motifs is 1. The van der Waals surface area contributed by atoms with E-state index < -0.39 is 0 Å². The largest absolute Gasteiger partial charge is 0.497 e. The molecule has 1 unspecified atom stereocenters. The molecule has 1 atom stereocenters. The van der Waals surface area contributed by atoms with Crippen LogP contribution in [0.1, 0.15) is 29.1 Å². The predicted molar refractivity (Wildman–Crippen MR) is 92.7 cm³/mol. The van der Waals surface area contributed by atoms with Crippen LogP contribution in [0.25, 0.3) is 11.0 Å². The Balaban J connectivity index is 1.81. The smallest absolute Gasteiger partial charge is 0.253 e. The van der Waals surface area contributed by atoms with Gasteiger partial charge >= 0.3 is 0 Å². The molecular weight excluding hydrogens is 358 g/mol. The zero-order valence-electron chi connectivity index (χ0n) is 12.8. The van der Waals surface area contributed by atoms with Gasteiger partial charge < -0.3 is 15.0 Å². The van der Waals surface area contributed by atoms with Crippen molar-refractivity contribution >= 4 is 32.9 Å². The van der Waals surface area contributed by atoms with Crippen molar-refractivity contribution in [3.63, 3.8) is 0 Å². The molecule has 1 aromatic heterocycles. The van der Waals surface area contributed by atoms with E-state index in [-0.39, 0.29) is 11.9 Å². The summed E-state index contributed by atoms with van der Waals surface area (Å²) in [6.07, 6.45) is 0. The molecule has 0 saturated heterocycles. The van der Waals surface area contributed by atoms with Crippen molar-refractivity contribution in [2.45, 2.75) is 13.0 Å². The van der Waals surface area contributed by atoms with Gasteiger partial charge in [0.15, 0.2) is 0 Å². The van der Waals surface area contributed by atoms with Crippen LogP contribution in [0.4, 0.5) is 0 Å². The Labute approximate surface area is 142 Å². The molecule has 0 aliphatic rings. The number of imidazole rings is 1. The van der Waals surface area contributed by atoms with E-state index in [4.69, 9.17) is 4.74 Å². The molecule has 3 rings (SSSR count). The average molecular weight is 374 g/mol. The number of nitrogens with zero attached hydrogens (tertiary/aromatic N) is 1. The monoisotopic (exact) mass is 373 g/mol. The highest BCUT2D eigenvalue weighted by Gasteiger charge is 2.17. The van der Waals surface area contributed by atoms with Crippen molar-refractivity contribution in [2.24, 2.45) is 0 Å². The molecule has 1 amide bonds. The zero-order chi connectivity index (χ0) is 16.4. The van der Waals surface area contributed by atoms with Gasteiger partial charge in [-0.1, -0.05) is 12.1 Å². The fourth-order valence-electron chi connectivity index (χ4n) is 2.33. The Hall–Kier alpha value is -2.34. The summed E-state index contributed by atoms with van der Waals surface area (Å²) in [5.41, 5.74) is 2.35. The minimum atomic E-state index is -0.243. The first-order valence-electron chi connectivity index (χ1n) is 7.17. The van der Waals surface area contributed by atoms with E-state index >= 15 is 0 Å². The van der Waals surface area contributed by atoms with Crippen molar-refractivity contribution in [2.75, 3.05) is 7.11 Å². The molecule has 5 nitrogen and oxygen atoms in total. The second-order valence-corrected chi connectivity index (χ2v) is 6.03. The molecule has 6 heteroatoms. The van der Waals surface area contributed by atoms with Crippen molar-refractivity contribution in [1.29, 1.82) is 0 Å². The van der Waals surface area contributed by atoms with E-state index in [0.717, 1.165) is 16.9 Å². The Kier molecular flexibility index (Phi) is 4.34. The molecule has 0 fully saturated rings. The van der Waals surface area contributed by atoms with Crippen molar-refractivity contribution < 1.29 is 9.53 Å². The van der Waals surface area contributed by atoms with Gasteiger partial charge in [-0.3, -0.25) is 4.79 Å². The highest BCUT2D eigenvalue weighted by Crippen LogP contribution is 2.23. The molecule has 23 heavy (non-hydrogen) atoms. The number of carbonyl (C=O) groups is 1. The van der Waals surface area contributed by atoms with Crippen LogP contribution in [-0.2, 0) is 0 Å². The summed E-state index contributed by atoms with van der Waals surface area (Å²) in [6, 6.07) is 12.8. The van der Waals surface area contributed by atoms with Crippen LogP contribution < -0.4 is 10.1 Å². The molecule has 118 valence electrons. The number of carbonyl (C=O) groups excluding carboxylic acids is 1. The number of para-hydroxylation sites is 2. The van der Waals surface area contributed by atoms with Gasteiger partial charge in [-0.05, 0) is 53.2 Å². The Bertz CT molecular complexity index is 827. The fraction of sp³-hybridized carbons (Fsp3) is 0.176. The summed E-state index contributed by atoms with van der Waals surface area (Å²) in [5.74, 6) is 1.16. The van der Waals surface area contributed by atoms with Gasteiger partial charge in [0.1, 0.15) is 11.6 Å². The molecule has 0 spiro atoms. The molecule has 0 bridgehead atoms. The number of rotatable bonds is 4. The number of aromatic nitrogens is 2. The van der Waals surface area contributed by atoms with E-state index in [9.17, 15) is 4.79 Å². The highest BCUT2D eigenvalue weighted by atomic mass is 79.9. The second-order valence-electron chi connectivity index (χ2n) is 5.18. The number of hydrogen-bond donors (Lipinski definition) is 2. The molecule has 0 radical (unpaired) electrons. The normalized spacial score (nSPS) is 12.1. The maximum absolute atomic E-state index is 12.5. The predicted octanol–water partition coefficient (Wildman–Crippen LogP) is 3.83. The lowest BCUT2D eigenvalue weighted by atomic mass is 10.2. The number of hydrogen-bond acceptors (Lipinski definition) is 3. The summed E-state index contributed by atoms with van der Waals surface area (Å²) in [7, 11) is 1.57. The number of H-pyrrole nitrogens is 1. The minimum Gasteiger partial charge on any atom is -0.497 e. The highest BCUT2D eigenvalue weighted by molar-refractivity contribution is 9.10. The standard InChI is InChI=1S/C17H16BrN3O2/c1-10(16-20-14-5-3-4-6-15(14)21-16)19-17(22)12-9-11(23-2)7-8-13(12)18/h3-10H,1-2H3,(H,19,22)(H,20,21). The van der Waals surface area contributed by atoms with Gasteiger partial charge in [0.05, 0.1) is 29.7 Å². The van der Waals surface area contributed by atoms with Crippen molar-refractivity contribution in [1.82, 2.24) is 15.3 Å². The lowest BCUT2D eigenvalue weighted by Gasteiger charge is -2.13. The SMILES string of the molecule is COc1ccc(Br)c(C(=O)NC(C)c2nc3ccccc3[nH]2)c1. The number of methoxy groups -OCH3 is 1. The van der Waals surface area contributed by atoms with Gasteiger partial charge in [-0.15, -0.1) is 0 Å². The lowest BCUT2D eigenvalue weighted by Crippen LogP contribution is -2.27. The van der Waals surface area contributed by atoms with Gasteiger partial charge in [0.25, 0.3) is 5.91 Å². The third kappa shape index (κ3) is 3.22. The van der Waals surface area contributed by atoms with Gasteiger partial charge in [0, 0.05) is 4.47 Å². The number of amides is 1. The maximum Gasteiger partial charge on any atom is 0.253 e. The number of halogens is 1. The molecule has 3 aromatic rings. The topological polar surface area (TPSA) is 67.0 Å². The summed E-state index contributed by atoms with van der Waals surface area (Å²) in [5, 5.41) is 2.95. The third-order valence-electron chi connectivity index (χ3n) is 3.58. The summed E-state index contributed by atoms with van der Waals surface area (Å²) >= 11 is 3.39. The minimum absolute atomic E-state index is 0.191.